The molecule has 0 rings (SSSR count). The van der Waals surface area contributed by atoms with Gasteiger partial charge in [0, 0.05) is 12.6 Å². The van der Waals surface area contributed by atoms with Crippen LogP contribution < -0.4 is 11.5 Å². The maximum absolute atomic E-state index is 11.1. The highest BCUT2D eigenvalue weighted by Gasteiger charge is 2.19. The molecule has 7 nitrogen and oxygen atoms in total. The predicted molar refractivity (Wildman–Crippen MR) is 77.4 cm³/mol. The lowest BCUT2D eigenvalue weighted by Gasteiger charge is -2.20. The van der Waals surface area contributed by atoms with E-state index in [0.717, 1.165) is 12.8 Å². The number of carbonyl (C=O) groups is 1. The summed E-state index contributed by atoms with van der Waals surface area (Å²) in [7, 11) is 1.29. The van der Waals surface area contributed by atoms with Crippen LogP contribution in [0, 0.1) is 0 Å². The molecule has 0 heterocycles. The van der Waals surface area contributed by atoms with Gasteiger partial charge in [0.15, 0.2) is 6.10 Å². The number of aliphatic hydroxyl groups is 1. The Morgan fingerprint density at radius 3 is 2.60 bits per heavy atom. The number of unbranched alkanes of at least 4 members (excludes halogenated alkanes) is 1. The van der Waals surface area contributed by atoms with Crippen molar-refractivity contribution in [3.63, 3.8) is 0 Å². The van der Waals surface area contributed by atoms with E-state index in [1.165, 1.54) is 7.11 Å². The van der Waals surface area contributed by atoms with E-state index in [0.29, 0.717) is 18.8 Å². The van der Waals surface area contributed by atoms with E-state index in [1.807, 2.05) is 0 Å². The maximum Gasteiger partial charge on any atom is 0.334 e. The number of aliphatic hydroxyl groups excluding tert-OH is 1. The van der Waals surface area contributed by atoms with Gasteiger partial charge in [-0.1, -0.05) is 0 Å². The lowest BCUT2D eigenvalue weighted by atomic mass is 10.1. The number of nitrogens with two attached hydrogens (primary N) is 2. The minimum atomic E-state index is -0.804. The quantitative estimate of drug-likeness (QED) is 0.222. The molecule has 0 fully saturated rings. The molecular formula is C13H27N3O4. The van der Waals surface area contributed by atoms with Gasteiger partial charge in [-0.3, -0.25) is 4.99 Å². The Morgan fingerprint density at radius 2 is 2.05 bits per heavy atom. The van der Waals surface area contributed by atoms with Crippen molar-refractivity contribution in [2.45, 2.75) is 51.4 Å². The number of esters is 1. The number of methoxy groups -OCH3 is 1. The number of ether oxygens (including phenoxy) is 2. The summed E-state index contributed by atoms with van der Waals surface area (Å²) in [6.45, 7) is 3.99. The normalized spacial score (nSPS) is 16.6. The Balaban J connectivity index is 3.78. The van der Waals surface area contributed by atoms with Crippen molar-refractivity contribution in [1.29, 1.82) is 0 Å². The number of nitrogens with zero attached hydrogens (tertiary/aromatic N) is 1. The van der Waals surface area contributed by atoms with Crippen molar-refractivity contribution in [1.82, 2.24) is 0 Å². The first-order valence-corrected chi connectivity index (χ1v) is 6.78. The molecule has 0 aromatic carbocycles. The first-order chi connectivity index (χ1) is 9.38. The molecule has 118 valence electrons. The van der Waals surface area contributed by atoms with Crippen LogP contribution in [0.4, 0.5) is 0 Å². The molecule has 0 bridgehead atoms. The van der Waals surface area contributed by atoms with Crippen LogP contribution in [0.1, 0.15) is 33.1 Å². The van der Waals surface area contributed by atoms with Crippen LogP contribution >= 0.6 is 0 Å². The van der Waals surface area contributed by atoms with Gasteiger partial charge in [-0.25, -0.2) is 4.79 Å². The molecule has 0 aliphatic heterocycles. The highest BCUT2D eigenvalue weighted by molar-refractivity contribution is 5.77. The zero-order chi connectivity index (χ0) is 15.5. The molecule has 0 spiro atoms. The van der Waals surface area contributed by atoms with Gasteiger partial charge in [-0.15, -0.1) is 0 Å². The summed E-state index contributed by atoms with van der Waals surface area (Å²) in [6, 6.07) is -0.386. The van der Waals surface area contributed by atoms with Gasteiger partial charge in [0.25, 0.3) is 0 Å². The fourth-order valence-electron chi connectivity index (χ4n) is 1.54. The van der Waals surface area contributed by atoms with E-state index in [2.05, 4.69) is 9.73 Å². The van der Waals surface area contributed by atoms with E-state index in [-0.39, 0.29) is 12.6 Å². The summed E-state index contributed by atoms with van der Waals surface area (Å²) < 4.78 is 9.71. The van der Waals surface area contributed by atoms with Gasteiger partial charge in [0.2, 0.25) is 0 Å². The highest BCUT2D eigenvalue weighted by atomic mass is 16.6. The fraction of sp³-hybridized carbons (Fsp3) is 0.846. The molecule has 0 aliphatic carbocycles. The van der Waals surface area contributed by atoms with E-state index < -0.39 is 18.2 Å². The molecule has 0 aromatic heterocycles. The van der Waals surface area contributed by atoms with E-state index in [9.17, 15) is 9.90 Å². The second-order valence-corrected chi connectivity index (χ2v) is 4.75. The Hall–Kier alpha value is -1.18. The second-order valence-electron chi connectivity index (χ2n) is 4.75. The van der Waals surface area contributed by atoms with Crippen molar-refractivity contribution in [3.8, 4) is 0 Å². The Bertz CT molecular complexity index is 306. The largest absolute Gasteiger partial charge is 0.467 e. The zero-order valence-electron chi connectivity index (χ0n) is 12.5. The monoisotopic (exact) mass is 289 g/mol. The Morgan fingerprint density at radius 1 is 1.40 bits per heavy atom. The van der Waals surface area contributed by atoms with Gasteiger partial charge in [-0.2, -0.15) is 0 Å². The topological polar surface area (TPSA) is 120 Å². The molecule has 0 radical (unpaired) electrons. The van der Waals surface area contributed by atoms with Crippen LogP contribution in [0.15, 0.2) is 4.99 Å². The minimum absolute atomic E-state index is 0.0114. The number of aliphatic imine (C=N–C) groups is 1. The van der Waals surface area contributed by atoms with E-state index in [1.54, 1.807) is 13.8 Å². The summed E-state index contributed by atoms with van der Waals surface area (Å²) >= 11 is 0. The third-order valence-electron chi connectivity index (χ3n) is 2.85. The molecule has 0 saturated heterocycles. The van der Waals surface area contributed by atoms with Gasteiger partial charge < -0.3 is 26.0 Å². The number of rotatable bonds is 10. The second kappa shape index (κ2) is 10.6. The number of hydrogen-bond acceptors (Lipinski definition) is 6. The molecular weight excluding hydrogens is 262 g/mol. The summed E-state index contributed by atoms with van der Waals surface area (Å²) in [5, 5.41) is 9.82. The molecule has 20 heavy (non-hydrogen) atoms. The molecule has 2 unspecified atom stereocenters. The third kappa shape index (κ3) is 8.84. The molecule has 3 atom stereocenters. The summed E-state index contributed by atoms with van der Waals surface area (Å²) in [5.41, 5.74) is 11.3. The van der Waals surface area contributed by atoms with Crippen LogP contribution in [0.3, 0.4) is 0 Å². The van der Waals surface area contributed by atoms with E-state index >= 15 is 0 Å². The lowest BCUT2D eigenvalue weighted by molar-refractivity contribution is -0.154. The molecule has 0 aliphatic rings. The summed E-state index contributed by atoms with van der Waals surface area (Å²) in [4.78, 5) is 15.2. The lowest BCUT2D eigenvalue weighted by Crippen LogP contribution is -2.39. The SMILES string of the molecule is COC(=O)C(C)OCC(O)[C@@H](N)CCCCN=C(C)N. The van der Waals surface area contributed by atoms with Gasteiger partial charge in [-0.05, 0) is 33.1 Å². The number of hydrogen-bond donors (Lipinski definition) is 3. The van der Waals surface area contributed by atoms with Crippen molar-refractivity contribution < 1.29 is 19.4 Å². The smallest absolute Gasteiger partial charge is 0.334 e. The number of carbonyl (C=O) groups excluding carboxylic acids is 1. The first-order valence-electron chi connectivity index (χ1n) is 6.78. The van der Waals surface area contributed by atoms with E-state index in [4.69, 9.17) is 16.2 Å². The fourth-order valence-corrected chi connectivity index (χ4v) is 1.54. The summed E-state index contributed by atoms with van der Waals surface area (Å²) in [6.07, 6.45) is 0.872. The average molecular weight is 289 g/mol. The van der Waals surface area contributed by atoms with Crippen molar-refractivity contribution >= 4 is 11.8 Å². The number of amidine groups is 1. The molecule has 5 N–H and O–H groups in total. The van der Waals surface area contributed by atoms with Gasteiger partial charge >= 0.3 is 5.97 Å². The maximum atomic E-state index is 11.1. The highest BCUT2D eigenvalue weighted by Crippen LogP contribution is 2.05. The first kappa shape index (κ1) is 18.8. The molecule has 0 saturated carbocycles. The predicted octanol–water partition coefficient (Wildman–Crippen LogP) is -0.200. The van der Waals surface area contributed by atoms with Crippen LogP contribution in [0.5, 0.6) is 0 Å². The molecule has 0 amide bonds. The Kier molecular flexibility index (Phi) is 9.96. The standard InChI is InChI=1S/C13H27N3O4/c1-9(13(18)19-3)20-8-12(17)11(15)6-4-5-7-16-10(2)14/h9,11-12,17H,4-8,15H2,1-3H3,(H2,14,16)/t9?,11-,12?/m0/s1. The third-order valence-corrected chi connectivity index (χ3v) is 2.85. The van der Waals surface area contributed by atoms with Gasteiger partial charge in [0.1, 0.15) is 0 Å². The molecule has 0 aromatic rings. The van der Waals surface area contributed by atoms with Crippen LogP contribution in [-0.2, 0) is 14.3 Å². The summed E-state index contributed by atoms with van der Waals surface area (Å²) in [5.74, 6) is 0.0975. The zero-order valence-corrected chi connectivity index (χ0v) is 12.5. The van der Waals surface area contributed by atoms with Crippen molar-refractivity contribution in [2.75, 3.05) is 20.3 Å². The van der Waals surface area contributed by atoms with Crippen molar-refractivity contribution in [2.24, 2.45) is 16.5 Å². The molecule has 7 heteroatoms. The van der Waals surface area contributed by atoms with Crippen molar-refractivity contribution in [3.05, 3.63) is 0 Å². The van der Waals surface area contributed by atoms with Crippen LogP contribution in [0.2, 0.25) is 0 Å². The average Bonchev–Trinajstić information content (AvgIpc) is 2.42. The Labute approximate surface area is 120 Å². The van der Waals surface area contributed by atoms with Crippen LogP contribution in [-0.4, -0.2) is 55.4 Å². The minimum Gasteiger partial charge on any atom is -0.467 e. The van der Waals surface area contributed by atoms with Gasteiger partial charge in [0.05, 0.1) is 25.7 Å². The van der Waals surface area contributed by atoms with Crippen LogP contribution in [0.25, 0.3) is 0 Å².